The van der Waals surface area contributed by atoms with Crippen molar-refractivity contribution in [3.05, 3.63) is 65.9 Å². The van der Waals surface area contributed by atoms with Gasteiger partial charge in [-0.25, -0.2) is 4.68 Å². The second-order valence-electron chi connectivity index (χ2n) is 9.34. The smallest absolute Gasteiger partial charge is 0.227 e. The first kappa shape index (κ1) is 23.3. The third-order valence-corrected chi connectivity index (χ3v) is 6.22. The van der Waals surface area contributed by atoms with E-state index in [9.17, 15) is 5.11 Å². The van der Waals surface area contributed by atoms with Crippen molar-refractivity contribution >= 4 is 0 Å². The van der Waals surface area contributed by atoms with E-state index in [0.717, 1.165) is 40.9 Å². The first-order valence-corrected chi connectivity index (χ1v) is 11.8. The van der Waals surface area contributed by atoms with Gasteiger partial charge in [-0.05, 0) is 68.0 Å². The van der Waals surface area contributed by atoms with Gasteiger partial charge in [-0.1, -0.05) is 32.0 Å². The first-order valence-electron chi connectivity index (χ1n) is 11.8. The molecule has 6 heteroatoms. The molecule has 6 nitrogen and oxygen atoms in total. The molecule has 1 aliphatic rings. The molecule has 0 radical (unpaired) electrons. The number of aliphatic hydroxyl groups is 1. The van der Waals surface area contributed by atoms with Crippen molar-refractivity contribution in [3.8, 4) is 23.1 Å². The molecule has 0 saturated heterocycles. The molecule has 2 aromatic carbocycles. The molecule has 1 fully saturated rings. The van der Waals surface area contributed by atoms with Gasteiger partial charge in [-0.3, -0.25) is 4.90 Å². The van der Waals surface area contributed by atoms with E-state index in [1.165, 1.54) is 12.8 Å². The minimum absolute atomic E-state index is 0.217. The molecule has 1 aromatic heterocycles. The second-order valence-corrected chi connectivity index (χ2v) is 9.34. The lowest BCUT2D eigenvalue weighted by Crippen LogP contribution is -2.36. The van der Waals surface area contributed by atoms with Gasteiger partial charge in [0.15, 0.2) is 0 Å². The highest BCUT2D eigenvalue weighted by atomic mass is 16.5. The minimum Gasteiger partial charge on any atom is -0.497 e. The van der Waals surface area contributed by atoms with Crippen LogP contribution in [0.5, 0.6) is 17.4 Å². The molecule has 4 rings (SSSR count). The fourth-order valence-corrected chi connectivity index (χ4v) is 3.89. The van der Waals surface area contributed by atoms with Gasteiger partial charge < -0.3 is 14.6 Å². The van der Waals surface area contributed by atoms with Crippen molar-refractivity contribution < 1.29 is 14.6 Å². The van der Waals surface area contributed by atoms with E-state index < -0.39 is 0 Å². The summed E-state index contributed by atoms with van der Waals surface area (Å²) in [4.78, 5) is 2.36. The summed E-state index contributed by atoms with van der Waals surface area (Å²) in [6.45, 7) is 8.48. The Morgan fingerprint density at radius 3 is 2.33 bits per heavy atom. The highest BCUT2D eigenvalue weighted by Crippen LogP contribution is 2.34. The Balaban J connectivity index is 1.68. The van der Waals surface area contributed by atoms with Crippen LogP contribution in [0.3, 0.4) is 0 Å². The van der Waals surface area contributed by atoms with E-state index in [1.54, 1.807) is 7.11 Å². The molecule has 1 aliphatic carbocycles. The minimum atomic E-state index is -0.362. The fraction of sp³-hybridized carbons (Fsp3) is 0.444. The van der Waals surface area contributed by atoms with E-state index in [-0.39, 0.29) is 12.0 Å². The summed E-state index contributed by atoms with van der Waals surface area (Å²) in [6, 6.07) is 17.7. The highest BCUT2D eigenvalue weighted by Gasteiger charge is 2.28. The number of nitrogens with zero attached hydrogens (tertiary/aromatic N) is 3. The Labute approximate surface area is 196 Å². The van der Waals surface area contributed by atoms with Crippen LogP contribution in [-0.2, 0) is 6.54 Å². The van der Waals surface area contributed by atoms with Gasteiger partial charge in [0, 0.05) is 19.6 Å². The van der Waals surface area contributed by atoms with Gasteiger partial charge in [0.1, 0.15) is 11.5 Å². The lowest BCUT2D eigenvalue weighted by atomic mass is 10.1. The Kier molecular flexibility index (Phi) is 7.36. The summed E-state index contributed by atoms with van der Waals surface area (Å²) in [5.74, 6) is 3.16. The number of ether oxygens (including phenoxy) is 2. The van der Waals surface area contributed by atoms with Crippen molar-refractivity contribution in [1.29, 1.82) is 0 Å². The maximum Gasteiger partial charge on any atom is 0.227 e. The van der Waals surface area contributed by atoms with Crippen molar-refractivity contribution in [3.63, 3.8) is 0 Å². The van der Waals surface area contributed by atoms with Crippen LogP contribution in [0.1, 0.15) is 37.9 Å². The number of rotatable bonds is 11. The molecule has 1 N–H and O–H groups in total. The largest absolute Gasteiger partial charge is 0.497 e. The first-order chi connectivity index (χ1) is 15.9. The van der Waals surface area contributed by atoms with E-state index in [4.69, 9.17) is 14.6 Å². The van der Waals surface area contributed by atoms with Gasteiger partial charge in [-0.15, -0.1) is 0 Å². The number of para-hydroxylation sites is 1. The third kappa shape index (κ3) is 5.95. The number of benzene rings is 2. The van der Waals surface area contributed by atoms with Crippen LogP contribution in [0, 0.1) is 18.8 Å². The van der Waals surface area contributed by atoms with Gasteiger partial charge in [0.25, 0.3) is 0 Å². The Morgan fingerprint density at radius 2 is 1.73 bits per heavy atom. The molecule has 0 unspecified atom stereocenters. The molecule has 1 atom stereocenters. The molecule has 0 aliphatic heterocycles. The molecule has 0 spiro atoms. The van der Waals surface area contributed by atoms with Crippen LogP contribution in [0.4, 0.5) is 0 Å². The highest BCUT2D eigenvalue weighted by molar-refractivity contribution is 5.44. The van der Waals surface area contributed by atoms with E-state index in [0.29, 0.717) is 19.0 Å². The van der Waals surface area contributed by atoms with Crippen molar-refractivity contribution in [2.45, 2.75) is 46.3 Å². The van der Waals surface area contributed by atoms with E-state index in [2.05, 4.69) is 18.7 Å². The fourth-order valence-electron chi connectivity index (χ4n) is 3.89. The van der Waals surface area contributed by atoms with E-state index in [1.807, 2.05) is 66.2 Å². The van der Waals surface area contributed by atoms with Crippen LogP contribution >= 0.6 is 0 Å². The van der Waals surface area contributed by atoms with Crippen molar-refractivity contribution in [1.82, 2.24) is 14.7 Å². The van der Waals surface area contributed by atoms with Gasteiger partial charge in [-0.2, -0.15) is 5.10 Å². The van der Waals surface area contributed by atoms with Crippen LogP contribution in [0.25, 0.3) is 5.69 Å². The molecule has 1 saturated carbocycles. The van der Waals surface area contributed by atoms with Crippen LogP contribution in [0.15, 0.2) is 54.6 Å². The van der Waals surface area contributed by atoms with E-state index >= 15 is 0 Å². The number of methoxy groups -OCH3 is 1. The zero-order valence-electron chi connectivity index (χ0n) is 20.1. The summed E-state index contributed by atoms with van der Waals surface area (Å²) in [5.41, 5.74) is 2.93. The maximum absolute atomic E-state index is 10.6. The van der Waals surface area contributed by atoms with Gasteiger partial charge in [0.2, 0.25) is 5.88 Å². The molecule has 0 amide bonds. The Hall–Kier alpha value is -2.83. The standard InChI is InChI=1S/C27H35N3O3/c1-19(2)26(31)18-29(16-21-10-11-21)17-25-20(3)28-30(22-8-6-5-7-9-22)27(25)33-24-14-12-23(32-4)13-15-24/h5-9,12-15,19,21,26,31H,10-11,16-18H2,1-4H3/t26-/m0/s1. The average Bonchev–Trinajstić information content (AvgIpc) is 3.59. The van der Waals surface area contributed by atoms with Crippen molar-refractivity contribution in [2.75, 3.05) is 20.2 Å². The normalized spacial score (nSPS) is 14.6. The lowest BCUT2D eigenvalue weighted by Gasteiger charge is -2.27. The second kappa shape index (κ2) is 10.4. The molecule has 3 aromatic rings. The predicted octanol–water partition coefficient (Wildman–Crippen LogP) is 5.21. The summed E-state index contributed by atoms with van der Waals surface area (Å²) in [6.07, 6.45) is 2.18. The summed E-state index contributed by atoms with van der Waals surface area (Å²) in [5, 5.41) is 15.5. The number of aromatic nitrogens is 2. The van der Waals surface area contributed by atoms with Crippen molar-refractivity contribution in [2.24, 2.45) is 11.8 Å². The Bertz CT molecular complexity index is 1030. The predicted molar refractivity (Wildman–Crippen MR) is 130 cm³/mol. The maximum atomic E-state index is 10.6. The summed E-state index contributed by atoms with van der Waals surface area (Å²) >= 11 is 0. The number of hydrogen-bond acceptors (Lipinski definition) is 5. The summed E-state index contributed by atoms with van der Waals surface area (Å²) < 4.78 is 13.6. The average molecular weight is 450 g/mol. The molecule has 1 heterocycles. The zero-order chi connectivity index (χ0) is 23.4. The SMILES string of the molecule is COc1ccc(Oc2c(CN(CC3CC3)C[C@H](O)C(C)C)c(C)nn2-c2ccccc2)cc1. The molecule has 0 bridgehead atoms. The van der Waals surface area contributed by atoms with Gasteiger partial charge in [0.05, 0.1) is 30.2 Å². The van der Waals surface area contributed by atoms with Crippen LogP contribution < -0.4 is 9.47 Å². The number of aryl methyl sites for hydroxylation is 1. The molecule has 176 valence electrons. The molecular weight excluding hydrogens is 414 g/mol. The number of aliphatic hydroxyl groups excluding tert-OH is 1. The molecule has 33 heavy (non-hydrogen) atoms. The topological polar surface area (TPSA) is 59.8 Å². The Morgan fingerprint density at radius 1 is 1.06 bits per heavy atom. The van der Waals surface area contributed by atoms with Crippen LogP contribution in [0.2, 0.25) is 0 Å². The third-order valence-electron chi connectivity index (χ3n) is 6.22. The number of hydrogen-bond donors (Lipinski definition) is 1. The lowest BCUT2D eigenvalue weighted by molar-refractivity contribution is 0.0708. The van der Waals surface area contributed by atoms with Crippen LogP contribution in [-0.4, -0.2) is 46.1 Å². The zero-order valence-corrected chi connectivity index (χ0v) is 20.1. The quantitative estimate of drug-likeness (QED) is 0.435. The molecular formula is C27H35N3O3. The summed E-state index contributed by atoms with van der Waals surface area (Å²) in [7, 11) is 1.65. The monoisotopic (exact) mass is 449 g/mol. The van der Waals surface area contributed by atoms with Gasteiger partial charge >= 0.3 is 0 Å².